The molecule has 0 aromatic heterocycles. The Morgan fingerprint density at radius 3 is 0.958 bits per heavy atom. The number of non-ortho nitro benzene ring substituents is 4. The fourth-order valence-electron chi connectivity index (χ4n) is 8.56. The number of alkyl carbamates (subject to hydrolysis) is 1. The molecule has 1 aliphatic carbocycles. The van der Waals surface area contributed by atoms with Gasteiger partial charge in [0.25, 0.3) is 22.7 Å². The zero-order valence-corrected chi connectivity index (χ0v) is 41.8. The van der Waals surface area contributed by atoms with E-state index in [2.05, 4.69) is 5.32 Å². The van der Waals surface area contributed by atoms with Crippen LogP contribution in [-0.2, 0) is 30.4 Å². The summed E-state index contributed by atoms with van der Waals surface area (Å²) in [6, 6.07) is 10.9. The number of nitro groups is 4. The molecule has 19 heteroatoms. The molecule has 8 bridgehead atoms. The smallest absolute Gasteiger partial charge is 0.407 e. The van der Waals surface area contributed by atoms with E-state index in [0.29, 0.717) is 82.5 Å². The van der Waals surface area contributed by atoms with E-state index in [1.165, 1.54) is 48.5 Å². The highest BCUT2D eigenvalue weighted by Gasteiger charge is 2.29. The quantitative estimate of drug-likeness (QED) is 0.0324. The fourth-order valence-corrected chi connectivity index (χ4v) is 8.56. The maximum absolute atomic E-state index is 12.7. The lowest BCUT2D eigenvalue weighted by atomic mass is 9.90. The molecule has 0 saturated carbocycles. The van der Waals surface area contributed by atoms with Crippen LogP contribution in [0.1, 0.15) is 157 Å². The van der Waals surface area contributed by atoms with Crippen LogP contribution < -0.4 is 24.3 Å². The Hall–Kier alpha value is -7.05. The molecule has 71 heavy (non-hydrogen) atoms. The summed E-state index contributed by atoms with van der Waals surface area (Å²) in [5.41, 5.74) is 0.969. The van der Waals surface area contributed by atoms with Crippen LogP contribution in [0.2, 0.25) is 0 Å². The van der Waals surface area contributed by atoms with Crippen molar-refractivity contribution in [3.63, 3.8) is 0 Å². The molecule has 0 saturated heterocycles. The number of unbranched alkanes of at least 4 members (excludes halogenated alkanes) is 7. The third-order valence-corrected chi connectivity index (χ3v) is 11.6. The second kappa shape index (κ2) is 26.2. The van der Waals surface area contributed by atoms with Crippen LogP contribution in [0, 0.1) is 40.5 Å². The van der Waals surface area contributed by atoms with Crippen LogP contribution in [-0.4, -0.2) is 64.4 Å². The molecule has 0 spiro atoms. The Morgan fingerprint density at radius 2 is 0.704 bits per heavy atom. The van der Waals surface area contributed by atoms with Crippen molar-refractivity contribution < 1.29 is 48.2 Å². The zero-order chi connectivity index (χ0) is 51.7. The van der Waals surface area contributed by atoms with Gasteiger partial charge in [0, 0.05) is 125 Å². The van der Waals surface area contributed by atoms with Crippen molar-refractivity contribution in [2.75, 3.05) is 33.0 Å². The molecule has 1 amide bonds. The van der Waals surface area contributed by atoms with Crippen LogP contribution in [0.5, 0.6) is 23.0 Å². The van der Waals surface area contributed by atoms with Gasteiger partial charge >= 0.3 is 6.09 Å². The van der Waals surface area contributed by atoms with E-state index >= 15 is 0 Å². The lowest BCUT2D eigenvalue weighted by molar-refractivity contribution is -0.385. The molecule has 0 unspecified atom stereocenters. The minimum absolute atomic E-state index is 0.115. The number of amides is 1. The Balaban J connectivity index is 1.61. The number of ether oxygens (including phenoxy) is 5. The molecule has 0 aliphatic heterocycles. The number of nitro benzene ring substituents is 4. The summed E-state index contributed by atoms with van der Waals surface area (Å²) in [6.45, 7) is 12.6. The van der Waals surface area contributed by atoms with Gasteiger partial charge in [-0.2, -0.15) is 0 Å². The topological polar surface area (TPSA) is 248 Å². The van der Waals surface area contributed by atoms with Crippen LogP contribution in [0.25, 0.3) is 0 Å². The van der Waals surface area contributed by atoms with Crippen LogP contribution in [0.4, 0.5) is 27.5 Å². The van der Waals surface area contributed by atoms with E-state index < -0.39 is 31.4 Å². The van der Waals surface area contributed by atoms with Gasteiger partial charge in [0.05, 0.1) is 46.1 Å². The van der Waals surface area contributed by atoms with Crippen molar-refractivity contribution in [3.05, 3.63) is 133 Å². The molecule has 0 atom stereocenters. The number of benzene rings is 4. The normalized spacial score (nSPS) is 12.1. The van der Waals surface area contributed by atoms with E-state index in [9.17, 15) is 45.3 Å². The van der Waals surface area contributed by atoms with Gasteiger partial charge in [0.2, 0.25) is 0 Å². The number of rotatable bonds is 25. The Labute approximate surface area is 414 Å². The summed E-state index contributed by atoms with van der Waals surface area (Å²) in [4.78, 5) is 60.4. The van der Waals surface area contributed by atoms with Gasteiger partial charge < -0.3 is 29.0 Å². The largest absolute Gasteiger partial charge is 0.493 e. The molecule has 0 radical (unpaired) electrons. The minimum Gasteiger partial charge on any atom is -0.493 e. The summed E-state index contributed by atoms with van der Waals surface area (Å²) in [5, 5.41) is 53.4. The average molecular weight is 986 g/mol. The molecule has 0 fully saturated rings. The summed E-state index contributed by atoms with van der Waals surface area (Å²) in [5.74, 6) is 1.15. The van der Waals surface area contributed by atoms with Crippen molar-refractivity contribution in [2.45, 2.75) is 143 Å². The first kappa shape index (κ1) is 54.9. The van der Waals surface area contributed by atoms with Gasteiger partial charge in [0.1, 0.15) is 28.6 Å². The lowest BCUT2D eigenvalue weighted by Gasteiger charge is -2.22. The molecule has 384 valence electrons. The highest BCUT2D eigenvalue weighted by molar-refractivity contribution is 5.67. The molecular weight excluding hydrogens is 919 g/mol. The standard InChI is InChI=1S/C52H67N5O14/c1-7-19-67-47-35-23-37-29-44(55(61)62)31-39(48(37)68-20-8-2)25-41-33-46(57(65)66)34-42(50(41)70-22-17-15-13-11-10-12-14-16-18-53-51(58)71-52(4,5)6)26-40-32-45(56(63)64)30-38(49(40)69-21-9-3)24-36(47)28-43(27-35)54(59)60/h27-34H,7-26H2,1-6H3,(H,53,58). The van der Waals surface area contributed by atoms with Gasteiger partial charge in [-0.15, -0.1) is 0 Å². The molecule has 4 aromatic rings. The summed E-state index contributed by atoms with van der Waals surface area (Å²) >= 11 is 0. The maximum Gasteiger partial charge on any atom is 0.407 e. The van der Waals surface area contributed by atoms with Crippen molar-refractivity contribution >= 4 is 28.8 Å². The molecule has 1 aliphatic rings. The summed E-state index contributed by atoms with van der Waals surface area (Å²) < 4.78 is 31.1. The SMILES string of the molecule is CCCOc1c2cc([N+](=O)[O-])cc1Cc1cc([N+](=O)[O-])cc(c1OCCC)Cc1cc([N+](=O)[O-])cc(c1OCCCCCCCCCCNC(=O)OC(C)(C)C)Cc1cc([N+](=O)[O-])cc(c1OCCC)C2. The van der Waals surface area contributed by atoms with Gasteiger partial charge in [-0.1, -0.05) is 59.3 Å². The summed E-state index contributed by atoms with van der Waals surface area (Å²) in [7, 11) is 0. The molecule has 19 nitrogen and oxygen atoms in total. The maximum atomic E-state index is 12.7. The van der Waals surface area contributed by atoms with Gasteiger partial charge in [0.15, 0.2) is 0 Å². The Morgan fingerprint density at radius 1 is 0.451 bits per heavy atom. The monoisotopic (exact) mass is 985 g/mol. The highest BCUT2D eigenvalue weighted by atomic mass is 16.6. The number of nitrogens with one attached hydrogen (secondary N) is 1. The van der Waals surface area contributed by atoms with Crippen LogP contribution in [0.15, 0.2) is 48.5 Å². The summed E-state index contributed by atoms with van der Waals surface area (Å²) in [6.07, 6.45) is 8.01. The van der Waals surface area contributed by atoms with Crippen molar-refractivity contribution in [2.24, 2.45) is 0 Å². The molecule has 4 aromatic carbocycles. The highest BCUT2D eigenvalue weighted by Crippen LogP contribution is 2.43. The third-order valence-electron chi connectivity index (χ3n) is 11.6. The molecule has 0 heterocycles. The number of carbonyl (C=O) groups is 1. The minimum atomic E-state index is -0.552. The molecule has 1 N–H and O–H groups in total. The van der Waals surface area contributed by atoms with E-state index in [1.54, 1.807) is 0 Å². The first-order valence-corrected chi connectivity index (χ1v) is 24.6. The lowest BCUT2D eigenvalue weighted by Crippen LogP contribution is -2.32. The van der Waals surface area contributed by atoms with Gasteiger partial charge in [-0.05, 0) is 52.9 Å². The fraction of sp³-hybridized carbons (Fsp3) is 0.519. The van der Waals surface area contributed by atoms with Crippen molar-refractivity contribution in [3.8, 4) is 23.0 Å². The average Bonchev–Trinajstić information content (AvgIpc) is 3.30. The first-order valence-electron chi connectivity index (χ1n) is 24.6. The Kier molecular flexibility index (Phi) is 20.3. The number of hydrogen-bond acceptors (Lipinski definition) is 14. The van der Waals surface area contributed by atoms with E-state index in [-0.39, 0.29) is 92.1 Å². The number of hydrogen-bond donors (Lipinski definition) is 1. The van der Waals surface area contributed by atoms with Gasteiger partial charge in [-0.25, -0.2) is 4.79 Å². The number of nitrogens with zero attached hydrogens (tertiary/aromatic N) is 4. The van der Waals surface area contributed by atoms with Crippen LogP contribution >= 0.6 is 0 Å². The van der Waals surface area contributed by atoms with E-state index in [4.69, 9.17) is 23.7 Å². The van der Waals surface area contributed by atoms with E-state index in [0.717, 1.165) is 44.9 Å². The van der Waals surface area contributed by atoms with Gasteiger partial charge in [-0.3, -0.25) is 40.5 Å². The second-order valence-corrected chi connectivity index (χ2v) is 18.8. The zero-order valence-electron chi connectivity index (χ0n) is 41.8. The predicted molar refractivity (Wildman–Crippen MR) is 268 cm³/mol. The molecular formula is C52H67N5O14. The third kappa shape index (κ3) is 16.0. The first-order chi connectivity index (χ1) is 33.9. The molecule has 5 rings (SSSR count). The van der Waals surface area contributed by atoms with Crippen molar-refractivity contribution in [1.82, 2.24) is 5.32 Å². The van der Waals surface area contributed by atoms with E-state index in [1.807, 2.05) is 41.5 Å². The predicted octanol–water partition coefficient (Wildman–Crippen LogP) is 12.4. The van der Waals surface area contributed by atoms with Crippen LogP contribution in [0.3, 0.4) is 0 Å². The Bertz CT molecular complexity index is 2420. The second-order valence-electron chi connectivity index (χ2n) is 18.8. The number of carbonyl (C=O) groups excluding carboxylic acids is 1. The number of fused-ring (bicyclic) bond motifs is 8. The van der Waals surface area contributed by atoms with Crippen molar-refractivity contribution in [1.29, 1.82) is 0 Å².